The molecule has 3 nitrogen and oxygen atoms in total. The van der Waals surface area contributed by atoms with Crippen molar-refractivity contribution in [3.63, 3.8) is 0 Å². The minimum Gasteiger partial charge on any atom is -0.354 e. The fraction of sp³-hybridized carbons (Fsp3) is 0.417. The Morgan fingerprint density at radius 1 is 1.40 bits per heavy atom. The van der Waals surface area contributed by atoms with Crippen molar-refractivity contribution in [3.05, 3.63) is 35.9 Å². The lowest BCUT2D eigenvalue weighted by Crippen LogP contribution is -2.51. The Bertz CT molecular complexity index is 334. The van der Waals surface area contributed by atoms with Gasteiger partial charge in [0.15, 0.2) is 0 Å². The molecule has 1 fully saturated rings. The van der Waals surface area contributed by atoms with Gasteiger partial charge in [-0.2, -0.15) is 0 Å². The molecule has 1 aromatic carbocycles. The Kier molecular flexibility index (Phi) is 3.02. The van der Waals surface area contributed by atoms with Crippen LogP contribution < -0.4 is 5.32 Å². The van der Waals surface area contributed by atoms with Crippen LogP contribution in [0.15, 0.2) is 30.3 Å². The Hall–Kier alpha value is -1.35. The Balaban J connectivity index is 2.08. The first kappa shape index (κ1) is 10.2. The smallest absolute Gasteiger partial charge is 0.128 e. The van der Waals surface area contributed by atoms with E-state index in [0.717, 1.165) is 25.2 Å². The molecule has 1 saturated heterocycles. The summed E-state index contributed by atoms with van der Waals surface area (Å²) in [5.74, 6) is 0.643. The molecule has 1 atom stereocenters. The van der Waals surface area contributed by atoms with Crippen LogP contribution in [0.1, 0.15) is 12.5 Å². The molecule has 2 rings (SSSR count). The van der Waals surface area contributed by atoms with Crippen molar-refractivity contribution in [2.24, 2.45) is 0 Å². The number of hydrogen-bond donors (Lipinski definition) is 2. The number of piperazine rings is 1. The van der Waals surface area contributed by atoms with Gasteiger partial charge in [0.1, 0.15) is 5.84 Å². The van der Waals surface area contributed by atoms with Gasteiger partial charge in [-0.1, -0.05) is 30.3 Å². The zero-order valence-corrected chi connectivity index (χ0v) is 9.03. The summed E-state index contributed by atoms with van der Waals surface area (Å²) in [5, 5.41) is 11.5. The van der Waals surface area contributed by atoms with E-state index in [1.807, 2.05) is 30.3 Å². The van der Waals surface area contributed by atoms with Crippen molar-refractivity contribution in [2.45, 2.75) is 13.0 Å². The molecule has 0 amide bonds. The van der Waals surface area contributed by atoms with Gasteiger partial charge in [-0.15, -0.1) is 0 Å². The van der Waals surface area contributed by atoms with Crippen molar-refractivity contribution in [2.75, 3.05) is 19.6 Å². The molecule has 0 aliphatic carbocycles. The maximum Gasteiger partial charge on any atom is 0.128 e. The molecule has 1 aliphatic rings. The van der Waals surface area contributed by atoms with Crippen LogP contribution in [0.5, 0.6) is 0 Å². The number of nitrogens with one attached hydrogen (secondary N) is 2. The Morgan fingerprint density at radius 3 is 2.80 bits per heavy atom. The standard InChI is InChI=1S/C12H17N3/c1-10-9-15(8-7-14-10)12(13)11-5-3-2-4-6-11/h2-6,10,13-14H,7-9H2,1H3/t10-/m0/s1. The van der Waals surface area contributed by atoms with Crippen LogP contribution in [0.2, 0.25) is 0 Å². The fourth-order valence-corrected chi connectivity index (χ4v) is 1.91. The molecule has 80 valence electrons. The average Bonchev–Trinajstić information content (AvgIpc) is 2.29. The first-order valence-corrected chi connectivity index (χ1v) is 5.39. The van der Waals surface area contributed by atoms with E-state index in [-0.39, 0.29) is 0 Å². The number of amidine groups is 1. The normalized spacial score (nSPS) is 21.4. The van der Waals surface area contributed by atoms with E-state index in [1.165, 1.54) is 0 Å². The SMILES string of the molecule is C[C@H]1CN(C(=N)c2ccccc2)CCN1. The first-order valence-electron chi connectivity index (χ1n) is 5.39. The zero-order chi connectivity index (χ0) is 10.7. The lowest BCUT2D eigenvalue weighted by Gasteiger charge is -2.33. The van der Waals surface area contributed by atoms with Gasteiger partial charge in [0.05, 0.1) is 0 Å². The molecule has 0 radical (unpaired) electrons. The number of rotatable bonds is 1. The second kappa shape index (κ2) is 4.45. The predicted molar refractivity (Wildman–Crippen MR) is 62.3 cm³/mol. The summed E-state index contributed by atoms with van der Waals surface area (Å²) in [6.07, 6.45) is 0. The lowest BCUT2D eigenvalue weighted by atomic mass is 10.1. The molecule has 15 heavy (non-hydrogen) atoms. The molecule has 1 aromatic rings. The average molecular weight is 203 g/mol. The van der Waals surface area contributed by atoms with Gasteiger partial charge >= 0.3 is 0 Å². The van der Waals surface area contributed by atoms with Crippen molar-refractivity contribution in [3.8, 4) is 0 Å². The molecule has 0 spiro atoms. The first-order chi connectivity index (χ1) is 7.27. The molecule has 0 unspecified atom stereocenters. The lowest BCUT2D eigenvalue weighted by molar-refractivity contribution is 0.303. The summed E-state index contributed by atoms with van der Waals surface area (Å²) in [6.45, 7) is 4.98. The highest BCUT2D eigenvalue weighted by Crippen LogP contribution is 2.07. The molecule has 1 heterocycles. The van der Waals surface area contributed by atoms with Crippen LogP contribution in [-0.4, -0.2) is 36.4 Å². The van der Waals surface area contributed by atoms with E-state index in [4.69, 9.17) is 5.41 Å². The molecule has 3 heteroatoms. The van der Waals surface area contributed by atoms with Gasteiger partial charge in [-0.05, 0) is 6.92 Å². The van der Waals surface area contributed by atoms with Crippen molar-refractivity contribution < 1.29 is 0 Å². The summed E-state index contributed by atoms with van der Waals surface area (Å²) < 4.78 is 0. The van der Waals surface area contributed by atoms with Crippen LogP contribution in [0.4, 0.5) is 0 Å². The molecular formula is C12H17N3. The van der Waals surface area contributed by atoms with Gasteiger partial charge in [0, 0.05) is 31.2 Å². The van der Waals surface area contributed by atoms with Crippen LogP contribution in [0, 0.1) is 5.41 Å². The van der Waals surface area contributed by atoms with Crippen LogP contribution in [-0.2, 0) is 0 Å². The third kappa shape index (κ3) is 2.36. The van der Waals surface area contributed by atoms with E-state index in [9.17, 15) is 0 Å². The summed E-state index contributed by atoms with van der Waals surface area (Å²) >= 11 is 0. The highest BCUT2D eigenvalue weighted by Gasteiger charge is 2.18. The highest BCUT2D eigenvalue weighted by molar-refractivity contribution is 5.96. The maximum atomic E-state index is 8.11. The largest absolute Gasteiger partial charge is 0.354 e. The number of benzene rings is 1. The molecule has 0 saturated carbocycles. The highest BCUT2D eigenvalue weighted by atomic mass is 15.2. The van der Waals surface area contributed by atoms with Crippen molar-refractivity contribution in [1.82, 2.24) is 10.2 Å². The fourth-order valence-electron chi connectivity index (χ4n) is 1.91. The molecule has 0 bridgehead atoms. The van der Waals surface area contributed by atoms with Crippen molar-refractivity contribution >= 4 is 5.84 Å². The predicted octanol–water partition coefficient (Wildman–Crippen LogP) is 1.31. The van der Waals surface area contributed by atoms with E-state index in [1.54, 1.807) is 0 Å². The summed E-state index contributed by atoms with van der Waals surface area (Å²) in [4.78, 5) is 2.14. The summed E-state index contributed by atoms with van der Waals surface area (Å²) in [6, 6.07) is 10.4. The summed E-state index contributed by atoms with van der Waals surface area (Å²) in [7, 11) is 0. The minimum atomic E-state index is 0.475. The Labute approximate surface area is 90.6 Å². The molecular weight excluding hydrogens is 186 g/mol. The van der Waals surface area contributed by atoms with Crippen LogP contribution in [0.3, 0.4) is 0 Å². The quantitative estimate of drug-likeness (QED) is 0.533. The van der Waals surface area contributed by atoms with E-state index >= 15 is 0 Å². The van der Waals surface area contributed by atoms with Crippen LogP contribution >= 0.6 is 0 Å². The molecule has 1 aliphatic heterocycles. The van der Waals surface area contributed by atoms with E-state index in [2.05, 4.69) is 17.1 Å². The van der Waals surface area contributed by atoms with Gasteiger partial charge in [-0.25, -0.2) is 0 Å². The van der Waals surface area contributed by atoms with Gasteiger partial charge < -0.3 is 10.2 Å². The minimum absolute atomic E-state index is 0.475. The third-order valence-electron chi connectivity index (χ3n) is 2.73. The van der Waals surface area contributed by atoms with Gasteiger partial charge in [0.25, 0.3) is 0 Å². The van der Waals surface area contributed by atoms with E-state index < -0.39 is 0 Å². The van der Waals surface area contributed by atoms with Crippen LogP contribution in [0.25, 0.3) is 0 Å². The second-order valence-corrected chi connectivity index (χ2v) is 4.02. The topological polar surface area (TPSA) is 39.1 Å². The monoisotopic (exact) mass is 203 g/mol. The van der Waals surface area contributed by atoms with Gasteiger partial charge in [0.2, 0.25) is 0 Å². The summed E-state index contributed by atoms with van der Waals surface area (Å²) in [5.41, 5.74) is 1.01. The number of hydrogen-bond acceptors (Lipinski definition) is 2. The van der Waals surface area contributed by atoms with Gasteiger partial charge in [-0.3, -0.25) is 5.41 Å². The zero-order valence-electron chi connectivity index (χ0n) is 9.03. The maximum absolute atomic E-state index is 8.11. The molecule has 2 N–H and O–H groups in total. The number of nitrogens with zero attached hydrogens (tertiary/aromatic N) is 1. The molecule has 0 aromatic heterocycles. The van der Waals surface area contributed by atoms with Crippen molar-refractivity contribution in [1.29, 1.82) is 5.41 Å². The van der Waals surface area contributed by atoms with E-state index in [0.29, 0.717) is 11.9 Å². The Morgan fingerprint density at radius 2 is 2.13 bits per heavy atom. The third-order valence-corrected chi connectivity index (χ3v) is 2.73. The second-order valence-electron chi connectivity index (χ2n) is 4.02.